The van der Waals surface area contributed by atoms with Crippen LogP contribution >= 0.6 is 0 Å². The molecule has 1 aliphatic heterocycles. The van der Waals surface area contributed by atoms with E-state index in [-0.39, 0.29) is 30.6 Å². The van der Waals surface area contributed by atoms with Crippen LogP contribution < -0.4 is 4.74 Å². The minimum Gasteiger partial charge on any atom is -0.482 e. The number of rotatable bonds is 4. The smallest absolute Gasteiger partial charge is 0.260 e. The van der Waals surface area contributed by atoms with Gasteiger partial charge in [0.2, 0.25) is 0 Å². The number of carbonyl (C=O) groups excluding carboxylic acids is 1. The maximum atomic E-state index is 12.6. The summed E-state index contributed by atoms with van der Waals surface area (Å²) in [6, 6.07) is 8.83. The second-order valence-electron chi connectivity index (χ2n) is 6.29. The van der Waals surface area contributed by atoms with Crippen LogP contribution in [-0.2, 0) is 9.53 Å². The first-order valence-corrected chi connectivity index (χ1v) is 8.38. The van der Waals surface area contributed by atoms with Crippen molar-refractivity contribution < 1.29 is 19.4 Å². The largest absolute Gasteiger partial charge is 0.482 e. The molecule has 6 heteroatoms. The van der Waals surface area contributed by atoms with E-state index in [2.05, 4.69) is 6.07 Å². The lowest BCUT2D eigenvalue weighted by Crippen LogP contribution is -2.54. The molecule has 0 radical (unpaired) electrons. The van der Waals surface area contributed by atoms with Crippen molar-refractivity contribution in [1.82, 2.24) is 4.90 Å². The van der Waals surface area contributed by atoms with E-state index in [4.69, 9.17) is 14.7 Å². The van der Waals surface area contributed by atoms with Crippen molar-refractivity contribution in [2.24, 2.45) is 5.92 Å². The van der Waals surface area contributed by atoms with Gasteiger partial charge in [-0.05, 0) is 25.0 Å². The quantitative estimate of drug-likeness (QED) is 0.900. The Hall–Kier alpha value is -2.10. The maximum Gasteiger partial charge on any atom is 0.260 e. The molecule has 0 spiro atoms. The number of aliphatic hydroxyl groups is 1. The van der Waals surface area contributed by atoms with Crippen molar-refractivity contribution >= 4 is 5.91 Å². The van der Waals surface area contributed by atoms with Gasteiger partial charge in [0.05, 0.1) is 30.9 Å². The van der Waals surface area contributed by atoms with E-state index in [9.17, 15) is 9.90 Å². The van der Waals surface area contributed by atoms with Crippen LogP contribution in [0.15, 0.2) is 24.3 Å². The fraction of sp³-hybridized carbons (Fsp3) is 0.556. The number of nitrogens with zero attached hydrogens (tertiary/aromatic N) is 2. The van der Waals surface area contributed by atoms with Crippen LogP contribution in [-0.4, -0.2) is 54.4 Å². The number of benzene rings is 1. The molecule has 1 aliphatic carbocycles. The van der Waals surface area contributed by atoms with Crippen molar-refractivity contribution in [3.63, 3.8) is 0 Å². The lowest BCUT2D eigenvalue weighted by molar-refractivity contribution is -0.146. The number of ether oxygens (including phenoxy) is 2. The van der Waals surface area contributed by atoms with E-state index in [0.29, 0.717) is 31.1 Å². The highest BCUT2D eigenvalue weighted by atomic mass is 16.5. The van der Waals surface area contributed by atoms with Crippen LogP contribution in [0.4, 0.5) is 0 Å². The van der Waals surface area contributed by atoms with Crippen LogP contribution in [0.5, 0.6) is 5.75 Å². The van der Waals surface area contributed by atoms with Gasteiger partial charge in [-0.25, -0.2) is 0 Å². The molecule has 6 nitrogen and oxygen atoms in total. The summed E-state index contributed by atoms with van der Waals surface area (Å²) in [5, 5.41) is 19.2. The highest BCUT2D eigenvalue weighted by Gasteiger charge is 2.39. The van der Waals surface area contributed by atoms with Crippen molar-refractivity contribution in [1.29, 1.82) is 5.26 Å². The van der Waals surface area contributed by atoms with Gasteiger partial charge < -0.3 is 19.5 Å². The van der Waals surface area contributed by atoms with Gasteiger partial charge in [0.1, 0.15) is 11.8 Å². The van der Waals surface area contributed by atoms with Crippen molar-refractivity contribution in [3.8, 4) is 11.8 Å². The predicted octanol–water partition coefficient (Wildman–Crippen LogP) is 1.33. The summed E-state index contributed by atoms with van der Waals surface area (Å²) in [6.45, 7) is 1.36. The Morgan fingerprint density at radius 2 is 2.25 bits per heavy atom. The number of aliphatic hydroxyl groups excluding tert-OH is 1. The van der Waals surface area contributed by atoms with Gasteiger partial charge in [0, 0.05) is 12.5 Å². The monoisotopic (exact) mass is 330 g/mol. The lowest BCUT2D eigenvalue weighted by Gasteiger charge is -2.40. The summed E-state index contributed by atoms with van der Waals surface area (Å²) in [5.41, 5.74) is 0.412. The van der Waals surface area contributed by atoms with Gasteiger partial charge in [0.15, 0.2) is 6.61 Å². The zero-order valence-corrected chi connectivity index (χ0v) is 13.6. The van der Waals surface area contributed by atoms with Gasteiger partial charge in [-0.2, -0.15) is 5.26 Å². The van der Waals surface area contributed by atoms with Crippen LogP contribution in [0.3, 0.4) is 0 Å². The first-order valence-electron chi connectivity index (χ1n) is 8.38. The summed E-state index contributed by atoms with van der Waals surface area (Å²) in [6.07, 6.45) is 2.31. The van der Waals surface area contributed by atoms with Crippen LogP contribution in [0, 0.1) is 17.2 Å². The minimum absolute atomic E-state index is 0.0700. The average Bonchev–Trinajstić information content (AvgIpc) is 3.05. The summed E-state index contributed by atoms with van der Waals surface area (Å²) < 4.78 is 11.1. The number of hydrogen-bond donors (Lipinski definition) is 1. The van der Waals surface area contributed by atoms with Gasteiger partial charge in [-0.1, -0.05) is 18.6 Å². The molecule has 1 N–H and O–H groups in total. The molecule has 1 saturated carbocycles. The van der Waals surface area contributed by atoms with Crippen molar-refractivity contribution in [3.05, 3.63) is 29.8 Å². The molecular weight excluding hydrogens is 308 g/mol. The normalized spacial score (nSPS) is 26.8. The van der Waals surface area contributed by atoms with Gasteiger partial charge in [-0.15, -0.1) is 0 Å². The fourth-order valence-corrected chi connectivity index (χ4v) is 3.61. The SMILES string of the molecule is N#Cc1ccccc1OCC(=O)N1CCOC[C@@H]1[C@@H]1CCC[C@H]1O. The molecule has 1 amide bonds. The Bertz CT molecular complexity index is 628. The molecular formula is C18H22N2O4. The number of morpholine rings is 1. The fourth-order valence-electron chi connectivity index (χ4n) is 3.61. The highest BCUT2D eigenvalue weighted by molar-refractivity contribution is 5.78. The first-order chi connectivity index (χ1) is 11.7. The summed E-state index contributed by atoms with van der Waals surface area (Å²) in [5.74, 6) is 0.356. The van der Waals surface area contributed by atoms with Crippen molar-refractivity contribution in [2.75, 3.05) is 26.4 Å². The van der Waals surface area contributed by atoms with E-state index in [1.807, 2.05) is 0 Å². The molecule has 24 heavy (non-hydrogen) atoms. The molecule has 3 rings (SSSR count). The van der Waals surface area contributed by atoms with E-state index in [1.165, 1.54) is 0 Å². The van der Waals surface area contributed by atoms with Crippen LogP contribution in [0.1, 0.15) is 24.8 Å². The minimum atomic E-state index is -0.368. The Morgan fingerprint density at radius 1 is 1.42 bits per heavy atom. The second kappa shape index (κ2) is 7.65. The third-order valence-electron chi connectivity index (χ3n) is 4.87. The van der Waals surface area contributed by atoms with Gasteiger partial charge in [-0.3, -0.25) is 4.79 Å². The summed E-state index contributed by atoms with van der Waals surface area (Å²) in [4.78, 5) is 14.4. The van der Waals surface area contributed by atoms with Gasteiger partial charge in [0.25, 0.3) is 5.91 Å². The molecule has 1 heterocycles. The van der Waals surface area contributed by atoms with E-state index in [0.717, 1.165) is 19.3 Å². The maximum absolute atomic E-state index is 12.6. The molecule has 1 aromatic carbocycles. The van der Waals surface area contributed by atoms with E-state index < -0.39 is 0 Å². The van der Waals surface area contributed by atoms with E-state index >= 15 is 0 Å². The molecule has 3 atom stereocenters. The molecule has 128 valence electrons. The Labute approximate surface area is 141 Å². The molecule has 2 aliphatic rings. The molecule has 0 bridgehead atoms. The third kappa shape index (κ3) is 3.53. The Morgan fingerprint density at radius 3 is 3.00 bits per heavy atom. The number of hydrogen-bond acceptors (Lipinski definition) is 5. The number of amides is 1. The standard InChI is InChI=1S/C18H22N2O4/c19-10-13-4-1-2-7-17(13)24-12-18(22)20-8-9-23-11-15(20)14-5-3-6-16(14)21/h1-2,4,7,14-16,21H,3,5-6,8-9,11-12H2/t14-,15+,16+/m0/s1. The number of carbonyl (C=O) groups is 1. The summed E-state index contributed by atoms with van der Waals surface area (Å²) >= 11 is 0. The zero-order valence-electron chi connectivity index (χ0n) is 13.6. The Balaban J connectivity index is 1.65. The number of para-hydroxylation sites is 1. The lowest BCUT2D eigenvalue weighted by atomic mass is 9.94. The summed E-state index contributed by atoms with van der Waals surface area (Å²) in [7, 11) is 0. The molecule has 1 aromatic rings. The predicted molar refractivity (Wildman–Crippen MR) is 86.3 cm³/mol. The van der Waals surface area contributed by atoms with Gasteiger partial charge >= 0.3 is 0 Å². The molecule has 2 fully saturated rings. The number of nitriles is 1. The molecule has 0 unspecified atom stereocenters. The highest BCUT2D eigenvalue weighted by Crippen LogP contribution is 2.32. The van der Waals surface area contributed by atoms with Crippen LogP contribution in [0.25, 0.3) is 0 Å². The first kappa shape index (κ1) is 16.7. The van der Waals surface area contributed by atoms with Crippen molar-refractivity contribution in [2.45, 2.75) is 31.4 Å². The third-order valence-corrected chi connectivity index (χ3v) is 4.87. The van der Waals surface area contributed by atoms with E-state index in [1.54, 1.807) is 29.2 Å². The topological polar surface area (TPSA) is 82.8 Å². The molecule has 1 saturated heterocycles. The second-order valence-corrected chi connectivity index (χ2v) is 6.29. The zero-order chi connectivity index (χ0) is 16.9. The molecule has 0 aromatic heterocycles. The average molecular weight is 330 g/mol. The van der Waals surface area contributed by atoms with Crippen LogP contribution in [0.2, 0.25) is 0 Å². The Kier molecular flexibility index (Phi) is 5.34.